The highest BCUT2D eigenvalue weighted by Gasteiger charge is 2.27. The largest absolute Gasteiger partial charge is 0.305 e. The molecule has 1 unspecified atom stereocenters. The summed E-state index contributed by atoms with van der Waals surface area (Å²) < 4.78 is 2.06. The fraction of sp³-hybridized carbons (Fsp3) is 0.375. The molecule has 21 heavy (non-hydrogen) atoms. The maximum Gasteiger partial charge on any atom is 0.212 e. The lowest BCUT2D eigenvalue weighted by Gasteiger charge is -2.23. The predicted octanol–water partition coefficient (Wildman–Crippen LogP) is 3.15. The highest BCUT2D eigenvalue weighted by atomic mass is 32.1. The van der Waals surface area contributed by atoms with Crippen molar-refractivity contribution < 1.29 is 0 Å². The molecule has 1 aromatic carbocycles. The number of nitrogens with one attached hydrogen (secondary N) is 1. The quantitative estimate of drug-likeness (QED) is 0.790. The van der Waals surface area contributed by atoms with E-state index in [4.69, 9.17) is 5.10 Å². The van der Waals surface area contributed by atoms with Crippen LogP contribution in [0.5, 0.6) is 0 Å². The SMILES string of the molecule is CC(C)c1nc2sc3c(n2n1)CCNC3c1ccccc1. The molecule has 0 fully saturated rings. The Morgan fingerprint density at radius 2 is 2.10 bits per heavy atom. The molecule has 0 radical (unpaired) electrons. The lowest BCUT2D eigenvalue weighted by Crippen LogP contribution is -2.30. The van der Waals surface area contributed by atoms with Crippen molar-refractivity contribution in [1.82, 2.24) is 19.9 Å². The average molecular weight is 298 g/mol. The molecule has 1 aliphatic heterocycles. The average Bonchev–Trinajstić information content (AvgIpc) is 3.05. The third kappa shape index (κ3) is 2.08. The van der Waals surface area contributed by atoms with Crippen molar-refractivity contribution >= 4 is 16.3 Å². The Labute approximate surface area is 127 Å². The van der Waals surface area contributed by atoms with E-state index in [0.717, 1.165) is 23.8 Å². The van der Waals surface area contributed by atoms with Crippen LogP contribution in [0.15, 0.2) is 30.3 Å². The molecule has 108 valence electrons. The van der Waals surface area contributed by atoms with E-state index in [2.05, 4.69) is 59.0 Å². The van der Waals surface area contributed by atoms with Crippen LogP contribution in [0.1, 0.15) is 47.8 Å². The summed E-state index contributed by atoms with van der Waals surface area (Å²) in [4.78, 5) is 7.07. The molecule has 2 aromatic heterocycles. The van der Waals surface area contributed by atoms with E-state index in [9.17, 15) is 0 Å². The zero-order valence-corrected chi connectivity index (χ0v) is 13.0. The van der Waals surface area contributed by atoms with Gasteiger partial charge in [-0.1, -0.05) is 55.5 Å². The molecule has 0 amide bonds. The number of hydrogen-bond acceptors (Lipinski definition) is 4. The van der Waals surface area contributed by atoms with Crippen LogP contribution in [0.4, 0.5) is 0 Å². The van der Waals surface area contributed by atoms with Gasteiger partial charge in [-0.15, -0.1) is 0 Å². The second-order valence-electron chi connectivity index (χ2n) is 5.78. The van der Waals surface area contributed by atoms with Crippen molar-refractivity contribution in [2.75, 3.05) is 6.54 Å². The number of fused-ring (bicyclic) bond motifs is 3. The summed E-state index contributed by atoms with van der Waals surface area (Å²) in [6.07, 6.45) is 1.01. The maximum atomic E-state index is 4.70. The van der Waals surface area contributed by atoms with Crippen LogP contribution in [-0.2, 0) is 6.42 Å². The Morgan fingerprint density at radius 1 is 1.29 bits per heavy atom. The van der Waals surface area contributed by atoms with Crippen LogP contribution in [0.25, 0.3) is 4.96 Å². The first-order valence-electron chi connectivity index (χ1n) is 7.40. The second-order valence-corrected chi connectivity index (χ2v) is 6.79. The number of hydrogen-bond donors (Lipinski definition) is 1. The van der Waals surface area contributed by atoms with E-state index in [-0.39, 0.29) is 6.04 Å². The number of aromatic nitrogens is 3. The summed E-state index contributed by atoms with van der Waals surface area (Å²) in [5, 5.41) is 8.32. The summed E-state index contributed by atoms with van der Waals surface area (Å²) >= 11 is 1.77. The van der Waals surface area contributed by atoms with Crippen LogP contribution in [0, 0.1) is 0 Å². The normalized spacial score (nSPS) is 18.3. The number of nitrogens with zero attached hydrogens (tertiary/aromatic N) is 3. The molecule has 0 bridgehead atoms. The van der Waals surface area contributed by atoms with E-state index in [1.807, 2.05) is 0 Å². The molecule has 1 aliphatic rings. The van der Waals surface area contributed by atoms with Crippen molar-refractivity contribution in [3.8, 4) is 0 Å². The summed E-state index contributed by atoms with van der Waals surface area (Å²) in [5.74, 6) is 1.32. The predicted molar refractivity (Wildman–Crippen MR) is 84.9 cm³/mol. The van der Waals surface area contributed by atoms with Gasteiger partial charge < -0.3 is 5.32 Å². The standard InChI is InChI=1S/C16H18N4S/c1-10(2)15-18-16-20(19-15)12-8-9-17-13(14(12)21-16)11-6-4-3-5-7-11/h3-7,10,13,17H,8-9H2,1-2H3. The zero-order chi connectivity index (χ0) is 14.4. The minimum Gasteiger partial charge on any atom is -0.305 e. The van der Waals surface area contributed by atoms with Gasteiger partial charge >= 0.3 is 0 Å². The van der Waals surface area contributed by atoms with Crippen molar-refractivity contribution in [1.29, 1.82) is 0 Å². The fourth-order valence-corrected chi connectivity index (χ4v) is 4.07. The van der Waals surface area contributed by atoms with Crippen molar-refractivity contribution in [2.45, 2.75) is 32.2 Å². The lowest BCUT2D eigenvalue weighted by molar-refractivity contribution is 0.560. The van der Waals surface area contributed by atoms with Gasteiger partial charge in [0.2, 0.25) is 4.96 Å². The molecule has 0 saturated heterocycles. The van der Waals surface area contributed by atoms with E-state index in [1.54, 1.807) is 11.3 Å². The van der Waals surface area contributed by atoms with Crippen molar-refractivity contribution in [3.63, 3.8) is 0 Å². The van der Waals surface area contributed by atoms with Crippen molar-refractivity contribution in [3.05, 3.63) is 52.3 Å². The Kier molecular flexibility index (Phi) is 3.05. The molecule has 0 saturated carbocycles. The number of thiazole rings is 1. The fourth-order valence-electron chi connectivity index (χ4n) is 2.86. The Bertz CT molecular complexity index is 772. The van der Waals surface area contributed by atoms with Crippen molar-refractivity contribution in [2.24, 2.45) is 0 Å². The Hall–Kier alpha value is -1.72. The second kappa shape index (κ2) is 4.93. The van der Waals surface area contributed by atoms with E-state index >= 15 is 0 Å². The van der Waals surface area contributed by atoms with Gasteiger partial charge in [0, 0.05) is 18.9 Å². The molecule has 3 aromatic rings. The molecule has 0 aliphatic carbocycles. The minimum atomic E-state index is 0.269. The monoisotopic (exact) mass is 298 g/mol. The molecule has 3 heterocycles. The minimum absolute atomic E-state index is 0.269. The van der Waals surface area contributed by atoms with Gasteiger partial charge in [-0.3, -0.25) is 0 Å². The Morgan fingerprint density at radius 3 is 2.86 bits per heavy atom. The molecule has 1 atom stereocenters. The molecular weight excluding hydrogens is 280 g/mol. The smallest absolute Gasteiger partial charge is 0.212 e. The van der Waals surface area contributed by atoms with Gasteiger partial charge in [-0.05, 0) is 5.56 Å². The van der Waals surface area contributed by atoms with Crippen LogP contribution >= 0.6 is 11.3 Å². The third-order valence-corrected chi connectivity index (χ3v) is 5.09. The lowest BCUT2D eigenvalue weighted by atomic mass is 10.0. The van der Waals surface area contributed by atoms with E-state index < -0.39 is 0 Å². The van der Waals surface area contributed by atoms with Gasteiger partial charge in [0.15, 0.2) is 5.82 Å². The van der Waals surface area contributed by atoms with Gasteiger partial charge in [0.1, 0.15) is 0 Å². The van der Waals surface area contributed by atoms with Gasteiger partial charge in [0.25, 0.3) is 0 Å². The van der Waals surface area contributed by atoms with E-state index in [0.29, 0.717) is 5.92 Å². The topological polar surface area (TPSA) is 42.2 Å². The summed E-state index contributed by atoms with van der Waals surface area (Å²) in [6.45, 7) is 5.26. The molecule has 0 spiro atoms. The summed E-state index contributed by atoms with van der Waals surface area (Å²) in [7, 11) is 0. The van der Waals surface area contributed by atoms with Crippen LogP contribution < -0.4 is 5.32 Å². The summed E-state index contributed by atoms with van der Waals surface area (Å²) in [5.41, 5.74) is 2.63. The van der Waals surface area contributed by atoms with Gasteiger partial charge in [0.05, 0.1) is 16.6 Å². The Balaban J connectivity index is 1.83. The first-order chi connectivity index (χ1) is 10.2. The molecule has 1 N–H and O–H groups in total. The number of benzene rings is 1. The van der Waals surface area contributed by atoms with Crippen LogP contribution in [0.2, 0.25) is 0 Å². The molecule has 4 rings (SSSR count). The van der Waals surface area contributed by atoms with Crippen LogP contribution in [0.3, 0.4) is 0 Å². The number of rotatable bonds is 2. The van der Waals surface area contributed by atoms with Crippen LogP contribution in [-0.4, -0.2) is 21.1 Å². The third-order valence-electron chi connectivity index (χ3n) is 3.96. The zero-order valence-electron chi connectivity index (χ0n) is 12.2. The summed E-state index contributed by atoms with van der Waals surface area (Å²) in [6, 6.07) is 10.9. The highest BCUT2D eigenvalue weighted by molar-refractivity contribution is 7.17. The molecule has 5 heteroatoms. The maximum absolute atomic E-state index is 4.70. The first-order valence-corrected chi connectivity index (χ1v) is 8.22. The van der Waals surface area contributed by atoms with E-state index in [1.165, 1.54) is 16.1 Å². The molecular formula is C16H18N4S. The first kappa shape index (κ1) is 13.0. The van der Waals surface area contributed by atoms with Gasteiger partial charge in [-0.25, -0.2) is 9.50 Å². The molecule has 4 nitrogen and oxygen atoms in total. The van der Waals surface area contributed by atoms with Gasteiger partial charge in [-0.2, -0.15) is 5.10 Å². The highest BCUT2D eigenvalue weighted by Crippen LogP contribution is 2.35.